The van der Waals surface area contributed by atoms with Gasteiger partial charge in [-0.2, -0.15) is 0 Å². The summed E-state index contributed by atoms with van der Waals surface area (Å²) in [4.78, 5) is 12.9. The number of nitrogen functional groups attached to an aromatic ring is 1. The lowest BCUT2D eigenvalue weighted by Crippen LogP contribution is -2.47. The lowest BCUT2D eigenvalue weighted by atomic mass is 10.2. The normalized spacial score (nSPS) is 17.7. The van der Waals surface area contributed by atoms with Crippen LogP contribution in [0.4, 0.5) is 11.5 Å². The molecule has 0 spiro atoms. The van der Waals surface area contributed by atoms with Gasteiger partial charge in [0.1, 0.15) is 6.33 Å². The van der Waals surface area contributed by atoms with E-state index < -0.39 is 0 Å². The molecule has 17 heavy (non-hydrogen) atoms. The van der Waals surface area contributed by atoms with E-state index in [1.807, 2.05) is 0 Å². The fourth-order valence-electron chi connectivity index (χ4n) is 2.26. The van der Waals surface area contributed by atoms with Crippen molar-refractivity contribution in [1.82, 2.24) is 14.9 Å². The second-order valence-electron chi connectivity index (χ2n) is 4.98. The first-order chi connectivity index (χ1) is 8.16. The Hall–Kier alpha value is -1.36. The minimum Gasteiger partial charge on any atom is -0.394 e. The van der Waals surface area contributed by atoms with Crippen LogP contribution in [0.2, 0.25) is 0 Å². The van der Waals surface area contributed by atoms with Crippen LogP contribution < -0.4 is 10.6 Å². The smallest absolute Gasteiger partial charge is 0.155 e. The largest absolute Gasteiger partial charge is 0.394 e. The number of rotatable bonds is 3. The first-order valence-electron chi connectivity index (χ1n) is 6.19. The Kier molecular flexibility index (Phi) is 3.78. The standard InChI is InChI=1S/C12H21N5/c1-10(2)8-16-3-5-17(6-4-16)12-11(13)7-14-9-15-12/h7,9-10H,3-6,8,13H2,1-2H3. The fraction of sp³-hybridized carbons (Fsp3) is 0.667. The van der Waals surface area contributed by atoms with E-state index in [1.54, 1.807) is 12.5 Å². The molecule has 5 nitrogen and oxygen atoms in total. The molecular formula is C12H21N5. The summed E-state index contributed by atoms with van der Waals surface area (Å²) in [6.07, 6.45) is 3.23. The first-order valence-corrected chi connectivity index (χ1v) is 6.19. The van der Waals surface area contributed by atoms with E-state index in [-0.39, 0.29) is 0 Å². The van der Waals surface area contributed by atoms with Gasteiger partial charge >= 0.3 is 0 Å². The molecule has 1 fully saturated rings. The number of piperazine rings is 1. The second-order valence-corrected chi connectivity index (χ2v) is 4.98. The van der Waals surface area contributed by atoms with Gasteiger partial charge in [-0.3, -0.25) is 4.90 Å². The Morgan fingerprint density at radius 3 is 2.59 bits per heavy atom. The number of nitrogens with zero attached hydrogens (tertiary/aromatic N) is 4. The van der Waals surface area contributed by atoms with E-state index in [0.717, 1.165) is 37.9 Å². The van der Waals surface area contributed by atoms with Crippen molar-refractivity contribution in [3.05, 3.63) is 12.5 Å². The van der Waals surface area contributed by atoms with Crippen LogP contribution in [0.1, 0.15) is 13.8 Å². The summed E-state index contributed by atoms with van der Waals surface area (Å²) in [5, 5.41) is 0. The third-order valence-corrected chi connectivity index (χ3v) is 3.01. The predicted octanol–water partition coefficient (Wildman–Crippen LogP) is 0.837. The molecule has 2 N–H and O–H groups in total. The summed E-state index contributed by atoms with van der Waals surface area (Å²) in [6, 6.07) is 0. The highest BCUT2D eigenvalue weighted by Gasteiger charge is 2.19. The summed E-state index contributed by atoms with van der Waals surface area (Å²) in [5.74, 6) is 1.61. The van der Waals surface area contributed by atoms with Crippen molar-refractivity contribution in [2.45, 2.75) is 13.8 Å². The molecule has 0 saturated carbocycles. The fourth-order valence-corrected chi connectivity index (χ4v) is 2.26. The van der Waals surface area contributed by atoms with Gasteiger partial charge in [0.15, 0.2) is 5.82 Å². The molecule has 1 aromatic heterocycles. The van der Waals surface area contributed by atoms with Crippen LogP contribution in [0.25, 0.3) is 0 Å². The Bertz CT molecular complexity index is 358. The van der Waals surface area contributed by atoms with Gasteiger partial charge in [0, 0.05) is 32.7 Å². The van der Waals surface area contributed by atoms with Crippen LogP contribution in [0.15, 0.2) is 12.5 Å². The summed E-state index contributed by atoms with van der Waals surface area (Å²) in [5.41, 5.74) is 6.56. The third-order valence-electron chi connectivity index (χ3n) is 3.01. The molecule has 0 aromatic carbocycles. The molecule has 1 saturated heterocycles. The lowest BCUT2D eigenvalue weighted by Gasteiger charge is -2.36. The van der Waals surface area contributed by atoms with Gasteiger partial charge in [-0.1, -0.05) is 13.8 Å². The highest BCUT2D eigenvalue weighted by molar-refractivity contribution is 5.61. The molecule has 0 radical (unpaired) electrons. The van der Waals surface area contributed by atoms with E-state index in [0.29, 0.717) is 5.69 Å². The highest BCUT2D eigenvalue weighted by atomic mass is 15.3. The number of nitrogens with two attached hydrogens (primary N) is 1. The SMILES string of the molecule is CC(C)CN1CCN(c2ncncc2N)CC1. The molecule has 5 heteroatoms. The van der Waals surface area contributed by atoms with Crippen LogP contribution in [0.5, 0.6) is 0 Å². The monoisotopic (exact) mass is 235 g/mol. The van der Waals surface area contributed by atoms with Crippen molar-refractivity contribution in [2.24, 2.45) is 5.92 Å². The van der Waals surface area contributed by atoms with Gasteiger partial charge in [-0.05, 0) is 5.92 Å². The molecular weight excluding hydrogens is 214 g/mol. The maximum atomic E-state index is 5.89. The summed E-state index contributed by atoms with van der Waals surface area (Å²) < 4.78 is 0. The van der Waals surface area contributed by atoms with Gasteiger partial charge in [-0.25, -0.2) is 9.97 Å². The van der Waals surface area contributed by atoms with Crippen LogP contribution in [0.3, 0.4) is 0 Å². The van der Waals surface area contributed by atoms with Gasteiger partial charge in [0.25, 0.3) is 0 Å². The molecule has 0 unspecified atom stereocenters. The zero-order valence-corrected chi connectivity index (χ0v) is 10.6. The summed E-state index contributed by atoms with van der Waals surface area (Å²) in [7, 11) is 0. The quantitative estimate of drug-likeness (QED) is 0.841. The molecule has 2 rings (SSSR count). The summed E-state index contributed by atoms with van der Waals surface area (Å²) >= 11 is 0. The van der Waals surface area contributed by atoms with Crippen molar-refractivity contribution in [3.63, 3.8) is 0 Å². The van der Waals surface area contributed by atoms with Crippen molar-refractivity contribution in [3.8, 4) is 0 Å². The van der Waals surface area contributed by atoms with Gasteiger partial charge in [0.2, 0.25) is 0 Å². The van der Waals surface area contributed by atoms with Crippen LogP contribution in [0, 0.1) is 5.92 Å². The van der Waals surface area contributed by atoms with Crippen LogP contribution in [-0.2, 0) is 0 Å². The molecule has 1 aromatic rings. The Balaban J connectivity index is 1.93. The highest BCUT2D eigenvalue weighted by Crippen LogP contribution is 2.19. The maximum Gasteiger partial charge on any atom is 0.155 e. The van der Waals surface area contributed by atoms with Crippen molar-refractivity contribution < 1.29 is 0 Å². The maximum absolute atomic E-state index is 5.89. The minimum atomic E-state index is 0.671. The third kappa shape index (κ3) is 3.06. The zero-order valence-electron chi connectivity index (χ0n) is 10.6. The average molecular weight is 235 g/mol. The van der Waals surface area contributed by atoms with E-state index in [4.69, 9.17) is 5.73 Å². The first kappa shape index (κ1) is 12.1. The Morgan fingerprint density at radius 1 is 1.29 bits per heavy atom. The molecule has 0 bridgehead atoms. The Labute approximate surface area is 103 Å². The molecule has 1 aliphatic rings. The molecule has 0 amide bonds. The predicted molar refractivity (Wildman–Crippen MR) is 69.9 cm³/mol. The van der Waals surface area contributed by atoms with Crippen molar-refractivity contribution in [2.75, 3.05) is 43.4 Å². The average Bonchev–Trinajstić information content (AvgIpc) is 2.30. The Morgan fingerprint density at radius 2 is 2.00 bits per heavy atom. The van der Waals surface area contributed by atoms with Crippen molar-refractivity contribution in [1.29, 1.82) is 0 Å². The topological polar surface area (TPSA) is 58.3 Å². The van der Waals surface area contributed by atoms with Gasteiger partial charge in [-0.15, -0.1) is 0 Å². The molecule has 0 aliphatic carbocycles. The summed E-state index contributed by atoms with van der Waals surface area (Å²) in [6.45, 7) is 9.85. The lowest BCUT2D eigenvalue weighted by molar-refractivity contribution is 0.231. The van der Waals surface area contributed by atoms with Gasteiger partial charge < -0.3 is 10.6 Å². The van der Waals surface area contributed by atoms with E-state index in [1.165, 1.54) is 6.54 Å². The minimum absolute atomic E-state index is 0.671. The van der Waals surface area contributed by atoms with E-state index >= 15 is 0 Å². The van der Waals surface area contributed by atoms with E-state index in [9.17, 15) is 0 Å². The van der Waals surface area contributed by atoms with Crippen molar-refractivity contribution >= 4 is 11.5 Å². The molecule has 0 atom stereocenters. The number of anilines is 2. The van der Waals surface area contributed by atoms with Crippen LogP contribution >= 0.6 is 0 Å². The van der Waals surface area contributed by atoms with E-state index in [2.05, 4.69) is 33.6 Å². The van der Waals surface area contributed by atoms with Gasteiger partial charge in [0.05, 0.1) is 11.9 Å². The number of hydrogen-bond donors (Lipinski definition) is 1. The zero-order chi connectivity index (χ0) is 12.3. The molecule has 2 heterocycles. The molecule has 94 valence electrons. The van der Waals surface area contributed by atoms with Crippen LogP contribution in [-0.4, -0.2) is 47.6 Å². The number of hydrogen-bond acceptors (Lipinski definition) is 5. The second kappa shape index (κ2) is 5.31. The molecule has 1 aliphatic heterocycles. The number of aromatic nitrogens is 2.